The van der Waals surface area contributed by atoms with Gasteiger partial charge in [-0.3, -0.25) is 0 Å². The van der Waals surface area contributed by atoms with Crippen molar-refractivity contribution in [3.8, 4) is 5.75 Å². The molecule has 8 aliphatic carbocycles. The van der Waals surface area contributed by atoms with E-state index in [9.17, 15) is 0 Å². The van der Waals surface area contributed by atoms with Crippen molar-refractivity contribution in [2.75, 3.05) is 7.11 Å². The van der Waals surface area contributed by atoms with Gasteiger partial charge in [0.25, 0.3) is 0 Å². The van der Waals surface area contributed by atoms with Gasteiger partial charge in [-0.1, -0.05) is 18.2 Å². The monoisotopic (exact) mass is 390 g/mol. The Kier molecular flexibility index (Phi) is 3.68. The number of methoxy groups -OCH3 is 1. The van der Waals surface area contributed by atoms with Gasteiger partial charge in [0.05, 0.1) is 7.11 Å². The highest BCUT2D eigenvalue weighted by molar-refractivity contribution is 5.40. The predicted octanol–water partition coefficient (Wildman–Crippen LogP) is 7.21. The maximum Gasteiger partial charge on any atom is 0.122 e. The summed E-state index contributed by atoms with van der Waals surface area (Å²) in [7, 11) is 1.91. The van der Waals surface area contributed by atoms with Gasteiger partial charge in [0.15, 0.2) is 0 Å². The molecule has 0 heterocycles. The van der Waals surface area contributed by atoms with Crippen molar-refractivity contribution in [2.45, 2.75) is 83.0 Å². The number of para-hydroxylation sites is 1. The lowest BCUT2D eigenvalue weighted by atomic mass is 9.37. The number of hydrogen-bond acceptors (Lipinski definition) is 1. The molecule has 8 saturated carbocycles. The van der Waals surface area contributed by atoms with E-state index in [2.05, 4.69) is 24.3 Å². The molecule has 29 heavy (non-hydrogen) atoms. The molecular formula is C28H38O. The molecule has 8 fully saturated rings. The summed E-state index contributed by atoms with van der Waals surface area (Å²) in [5, 5.41) is 0. The minimum Gasteiger partial charge on any atom is -0.496 e. The van der Waals surface area contributed by atoms with Gasteiger partial charge in [-0.15, -0.1) is 0 Å². The fourth-order valence-electron chi connectivity index (χ4n) is 11.3. The second-order valence-corrected chi connectivity index (χ2v) is 12.7. The van der Waals surface area contributed by atoms with Gasteiger partial charge in [0.1, 0.15) is 5.75 Å². The highest BCUT2D eigenvalue weighted by Crippen LogP contribution is 2.74. The number of rotatable bonds is 4. The third kappa shape index (κ3) is 2.51. The molecule has 9 rings (SSSR count). The van der Waals surface area contributed by atoms with Gasteiger partial charge in [0.2, 0.25) is 0 Å². The quantitative estimate of drug-likeness (QED) is 0.527. The first-order valence-corrected chi connectivity index (χ1v) is 12.8. The van der Waals surface area contributed by atoms with Crippen LogP contribution in [0.3, 0.4) is 0 Å². The van der Waals surface area contributed by atoms with Gasteiger partial charge < -0.3 is 4.74 Å². The maximum atomic E-state index is 6.05. The molecule has 1 nitrogen and oxygen atoms in total. The van der Waals surface area contributed by atoms with Crippen LogP contribution in [0.2, 0.25) is 0 Å². The minimum absolute atomic E-state index is 0.578. The van der Waals surface area contributed by atoms with Crippen molar-refractivity contribution < 1.29 is 4.74 Å². The van der Waals surface area contributed by atoms with Crippen LogP contribution >= 0.6 is 0 Å². The smallest absolute Gasteiger partial charge is 0.122 e. The zero-order valence-corrected chi connectivity index (χ0v) is 18.2. The van der Waals surface area contributed by atoms with E-state index in [-0.39, 0.29) is 0 Å². The molecule has 8 bridgehead atoms. The molecule has 0 saturated heterocycles. The van der Waals surface area contributed by atoms with Crippen LogP contribution in [0.4, 0.5) is 0 Å². The second kappa shape index (κ2) is 6.04. The lowest BCUT2D eigenvalue weighted by molar-refractivity contribution is -0.144. The second-order valence-electron chi connectivity index (χ2n) is 12.7. The molecule has 0 N–H and O–H groups in total. The molecule has 0 radical (unpaired) electrons. The third-order valence-corrected chi connectivity index (χ3v) is 10.8. The SMILES string of the molecule is COc1ccccc1C(C12CC3CC(CC(C3)C1)C2)C12CC3CC(CC(C3)C1)C2. The summed E-state index contributed by atoms with van der Waals surface area (Å²) in [5.74, 6) is 8.16. The average Bonchev–Trinajstić information content (AvgIpc) is 2.66. The molecule has 1 heteroatoms. The van der Waals surface area contributed by atoms with E-state index in [1.807, 2.05) is 7.11 Å². The van der Waals surface area contributed by atoms with E-state index in [1.54, 1.807) is 44.1 Å². The summed E-state index contributed by atoms with van der Waals surface area (Å²) >= 11 is 0. The zero-order chi connectivity index (χ0) is 19.2. The summed E-state index contributed by atoms with van der Waals surface area (Å²) in [6.07, 6.45) is 18.5. The van der Waals surface area contributed by atoms with Crippen molar-refractivity contribution in [2.24, 2.45) is 46.3 Å². The summed E-state index contributed by atoms with van der Waals surface area (Å²) in [4.78, 5) is 0. The van der Waals surface area contributed by atoms with Crippen molar-refractivity contribution in [3.63, 3.8) is 0 Å². The highest BCUT2D eigenvalue weighted by Gasteiger charge is 2.63. The molecule has 0 aromatic heterocycles. The van der Waals surface area contributed by atoms with E-state index >= 15 is 0 Å². The van der Waals surface area contributed by atoms with Gasteiger partial charge >= 0.3 is 0 Å². The molecule has 1 aromatic rings. The molecule has 0 amide bonds. The summed E-state index contributed by atoms with van der Waals surface area (Å²) in [6, 6.07) is 9.26. The van der Waals surface area contributed by atoms with E-state index in [0.29, 0.717) is 10.8 Å². The summed E-state index contributed by atoms with van der Waals surface area (Å²) in [5.41, 5.74) is 2.77. The molecule has 8 aliphatic rings. The Hall–Kier alpha value is -0.980. The van der Waals surface area contributed by atoms with Crippen LogP contribution in [0.1, 0.15) is 88.5 Å². The standard InChI is InChI=1S/C28H38O/c1-29-25-5-3-2-4-24(25)26(27-12-18-6-19(13-27)8-20(7-18)14-27)28-15-21-9-22(16-28)11-23(10-21)17-28/h2-5,18-23,26H,6-17H2,1H3. The largest absolute Gasteiger partial charge is 0.496 e. The average molecular weight is 391 g/mol. The van der Waals surface area contributed by atoms with Crippen LogP contribution < -0.4 is 4.74 Å². The fourth-order valence-corrected chi connectivity index (χ4v) is 11.3. The van der Waals surface area contributed by atoms with E-state index in [0.717, 1.165) is 41.4 Å². The molecule has 0 aliphatic heterocycles. The van der Waals surface area contributed by atoms with Crippen LogP contribution in [-0.2, 0) is 0 Å². The molecule has 1 aromatic carbocycles. The van der Waals surface area contributed by atoms with Crippen LogP contribution in [0.15, 0.2) is 24.3 Å². The Morgan fingerprint density at radius 1 is 0.655 bits per heavy atom. The van der Waals surface area contributed by atoms with Crippen LogP contribution in [0.25, 0.3) is 0 Å². The van der Waals surface area contributed by atoms with Crippen molar-refractivity contribution in [3.05, 3.63) is 29.8 Å². The van der Waals surface area contributed by atoms with Crippen LogP contribution in [0.5, 0.6) is 5.75 Å². The number of ether oxygens (including phenoxy) is 1. The predicted molar refractivity (Wildman–Crippen MR) is 117 cm³/mol. The van der Waals surface area contributed by atoms with Crippen molar-refractivity contribution in [1.29, 1.82) is 0 Å². The topological polar surface area (TPSA) is 9.23 Å². The maximum absolute atomic E-state index is 6.05. The Bertz CT molecular complexity index is 692. The normalized spacial score (nSPS) is 50.1. The number of hydrogen-bond donors (Lipinski definition) is 0. The zero-order valence-electron chi connectivity index (χ0n) is 18.2. The molecule has 0 spiro atoms. The van der Waals surface area contributed by atoms with E-state index < -0.39 is 0 Å². The Morgan fingerprint density at radius 3 is 1.41 bits per heavy atom. The Labute approximate surface area is 177 Å². The highest BCUT2D eigenvalue weighted by atomic mass is 16.5. The van der Waals surface area contributed by atoms with Gasteiger partial charge in [-0.05, 0) is 141 Å². The molecule has 0 unspecified atom stereocenters. The van der Waals surface area contributed by atoms with E-state index in [4.69, 9.17) is 4.74 Å². The fraction of sp³-hybridized carbons (Fsp3) is 0.786. The third-order valence-electron chi connectivity index (χ3n) is 10.8. The van der Waals surface area contributed by atoms with Gasteiger partial charge in [0, 0.05) is 0 Å². The van der Waals surface area contributed by atoms with Gasteiger partial charge in [-0.25, -0.2) is 0 Å². The first kappa shape index (κ1) is 17.7. The van der Waals surface area contributed by atoms with E-state index in [1.165, 1.54) is 44.3 Å². The molecule has 0 atom stereocenters. The summed E-state index contributed by atoms with van der Waals surface area (Å²) in [6.45, 7) is 0. The van der Waals surface area contributed by atoms with Crippen LogP contribution in [0, 0.1) is 46.3 Å². The lowest BCUT2D eigenvalue weighted by Gasteiger charge is -2.67. The first-order chi connectivity index (χ1) is 14.1. The van der Waals surface area contributed by atoms with Crippen molar-refractivity contribution >= 4 is 0 Å². The lowest BCUT2D eigenvalue weighted by Crippen LogP contribution is -2.57. The van der Waals surface area contributed by atoms with Crippen LogP contribution in [-0.4, -0.2) is 7.11 Å². The minimum atomic E-state index is 0.578. The summed E-state index contributed by atoms with van der Waals surface area (Å²) < 4.78 is 6.05. The molecule has 156 valence electrons. The van der Waals surface area contributed by atoms with Crippen molar-refractivity contribution in [1.82, 2.24) is 0 Å². The Balaban J connectivity index is 1.40. The number of benzene rings is 1. The first-order valence-electron chi connectivity index (χ1n) is 12.8. The van der Waals surface area contributed by atoms with Gasteiger partial charge in [-0.2, -0.15) is 0 Å². The Morgan fingerprint density at radius 2 is 1.03 bits per heavy atom. The molecular weight excluding hydrogens is 352 g/mol.